The summed E-state index contributed by atoms with van der Waals surface area (Å²) < 4.78 is 0. The summed E-state index contributed by atoms with van der Waals surface area (Å²) in [6, 6.07) is -2.53. The Balaban J connectivity index is 4.65. The lowest BCUT2D eigenvalue weighted by Gasteiger charge is -2.21. The zero-order valence-corrected chi connectivity index (χ0v) is 17.1. The molecule has 0 aromatic heterocycles. The second-order valence-corrected chi connectivity index (χ2v) is 7.16. The quantitative estimate of drug-likeness (QED) is 0.120. The highest BCUT2D eigenvalue weighted by Gasteiger charge is 2.30. The predicted octanol–water partition coefficient (Wildman–Crippen LogP) is -2.71. The summed E-state index contributed by atoms with van der Waals surface area (Å²) in [5, 5.41) is 61.6. The molecule has 0 unspecified atom stereocenters. The van der Waals surface area contributed by atoms with E-state index in [1.807, 2.05) is 0 Å². The van der Waals surface area contributed by atoms with Gasteiger partial charge in [-0.1, -0.05) is 6.08 Å². The zero-order chi connectivity index (χ0) is 23.3. The van der Waals surface area contributed by atoms with E-state index in [9.17, 15) is 39.6 Å². The van der Waals surface area contributed by atoms with Crippen LogP contribution in [-0.2, 0) is 19.2 Å². The van der Waals surface area contributed by atoms with Crippen molar-refractivity contribution in [1.29, 1.82) is 0 Å². The van der Waals surface area contributed by atoms with E-state index in [1.165, 1.54) is 11.8 Å². The topological polar surface area (TPSA) is 214 Å². The number of rotatable bonds is 16. The Labute approximate surface area is 177 Å². The summed E-state index contributed by atoms with van der Waals surface area (Å²) in [6.45, 7) is 0.169. The molecule has 5 atom stereocenters. The van der Waals surface area contributed by atoms with Crippen LogP contribution < -0.4 is 10.6 Å². The normalized spacial score (nSPS) is 16.4. The first-order valence-corrected chi connectivity index (χ1v) is 9.98. The fraction of sp³-hybridized carbons (Fsp3) is 0.647. The molecule has 0 aromatic rings. The van der Waals surface area contributed by atoms with E-state index >= 15 is 0 Å². The Morgan fingerprint density at radius 2 is 1.63 bits per heavy atom. The number of hydrogen-bond donors (Lipinski definition) is 8. The van der Waals surface area contributed by atoms with Crippen molar-refractivity contribution in [2.24, 2.45) is 0 Å². The average molecular weight is 452 g/mol. The number of Topliss-reactive ketones (excluding diaryl/α,β-unsaturated/α-hetero) is 1. The molecule has 0 fully saturated rings. The number of aliphatic hydroxyl groups is 4. The maximum Gasteiger partial charge on any atom is 0.327 e. The number of hydrogen-bond acceptors (Lipinski definition) is 10. The number of carbonyl (C=O) groups excluding carboxylic acids is 2. The molecule has 0 saturated carbocycles. The summed E-state index contributed by atoms with van der Waals surface area (Å²) in [7, 11) is 0. The number of aliphatic hydroxyl groups excluding tert-OH is 4. The number of amides is 1. The standard InChI is InChI=1S/C17H28N2O10S/c1-2-5-30-8-10(17(28)29)19-13(23)4-3-9(16(26)27)18-6-11(21)14(24)15(25)12(22)7-20/h2,5,9-10,12,14-15,18,20,22,24-25H,3-4,6-8H2,1H3,(H,19,23)(H,26,27)(H,28,29)/b5-2+/t9-,10-,12+,14+,15+/m0/s1. The van der Waals surface area contributed by atoms with Crippen molar-refractivity contribution in [3.63, 3.8) is 0 Å². The molecular formula is C17H28N2O10S. The van der Waals surface area contributed by atoms with Crippen LogP contribution in [0.25, 0.3) is 0 Å². The number of carboxylic acids is 2. The van der Waals surface area contributed by atoms with Gasteiger partial charge < -0.3 is 36.0 Å². The van der Waals surface area contributed by atoms with Crippen molar-refractivity contribution in [3.8, 4) is 0 Å². The summed E-state index contributed by atoms with van der Waals surface area (Å²) in [5.41, 5.74) is 0. The molecular weight excluding hydrogens is 424 g/mol. The zero-order valence-electron chi connectivity index (χ0n) is 16.3. The second-order valence-electron chi connectivity index (χ2n) is 6.22. The minimum Gasteiger partial charge on any atom is -0.480 e. The van der Waals surface area contributed by atoms with Crippen LogP contribution in [0, 0.1) is 0 Å². The first kappa shape index (κ1) is 28.0. The van der Waals surface area contributed by atoms with Crippen LogP contribution in [0.15, 0.2) is 11.5 Å². The summed E-state index contributed by atoms with van der Waals surface area (Å²) >= 11 is 1.18. The third-order valence-electron chi connectivity index (χ3n) is 3.84. The van der Waals surface area contributed by atoms with Crippen LogP contribution in [0.1, 0.15) is 19.8 Å². The number of aliphatic carboxylic acids is 2. The van der Waals surface area contributed by atoms with E-state index in [0.29, 0.717) is 0 Å². The third kappa shape index (κ3) is 10.7. The minimum atomic E-state index is -2.05. The number of carboxylic acid groups (broad SMARTS) is 2. The minimum absolute atomic E-state index is 0.0838. The number of allylic oxidation sites excluding steroid dienone is 1. The molecule has 0 bridgehead atoms. The molecule has 12 nitrogen and oxygen atoms in total. The highest BCUT2D eigenvalue weighted by atomic mass is 32.2. The first-order chi connectivity index (χ1) is 14.0. The maximum absolute atomic E-state index is 11.9. The SMILES string of the molecule is C/C=C/SC[C@H](NC(=O)CC[C@H](NCC(=O)[C@@H](O)[C@H](O)[C@H](O)CO)C(=O)O)C(=O)O. The lowest BCUT2D eigenvalue weighted by molar-refractivity contribution is -0.143. The van der Waals surface area contributed by atoms with Crippen molar-refractivity contribution in [2.45, 2.75) is 50.2 Å². The molecule has 0 heterocycles. The Hall–Kier alpha value is -2.03. The van der Waals surface area contributed by atoms with Gasteiger partial charge in [0.05, 0.1) is 13.2 Å². The van der Waals surface area contributed by atoms with Gasteiger partial charge in [0.25, 0.3) is 0 Å². The number of nitrogens with one attached hydrogen (secondary N) is 2. The van der Waals surface area contributed by atoms with Crippen molar-refractivity contribution in [2.75, 3.05) is 18.9 Å². The summed E-state index contributed by atoms with van der Waals surface area (Å²) in [5.74, 6) is -4.27. The molecule has 0 aromatic carbocycles. The Morgan fingerprint density at radius 3 is 2.13 bits per heavy atom. The summed E-state index contributed by atoms with van der Waals surface area (Å²) in [4.78, 5) is 46.2. The van der Waals surface area contributed by atoms with E-state index in [-0.39, 0.29) is 18.6 Å². The smallest absolute Gasteiger partial charge is 0.327 e. The molecule has 0 saturated heterocycles. The van der Waals surface area contributed by atoms with Crippen molar-refractivity contribution in [1.82, 2.24) is 10.6 Å². The number of thioether (sulfide) groups is 1. The highest BCUT2D eigenvalue weighted by molar-refractivity contribution is 8.02. The van der Waals surface area contributed by atoms with Crippen LogP contribution in [0.4, 0.5) is 0 Å². The molecule has 0 aliphatic heterocycles. The first-order valence-electron chi connectivity index (χ1n) is 8.94. The van der Waals surface area contributed by atoms with Gasteiger partial charge in [0.15, 0.2) is 5.78 Å². The van der Waals surface area contributed by atoms with Gasteiger partial charge in [-0.15, -0.1) is 11.8 Å². The van der Waals surface area contributed by atoms with Gasteiger partial charge >= 0.3 is 11.9 Å². The van der Waals surface area contributed by atoms with Gasteiger partial charge in [-0.05, 0) is 18.8 Å². The predicted molar refractivity (Wildman–Crippen MR) is 106 cm³/mol. The average Bonchev–Trinajstić information content (AvgIpc) is 2.70. The van der Waals surface area contributed by atoms with E-state index < -0.39 is 67.2 Å². The molecule has 172 valence electrons. The lowest BCUT2D eigenvalue weighted by atomic mass is 10.0. The molecule has 8 N–H and O–H groups in total. The van der Waals surface area contributed by atoms with Gasteiger partial charge in [0, 0.05) is 12.2 Å². The van der Waals surface area contributed by atoms with E-state index in [1.54, 1.807) is 18.4 Å². The van der Waals surface area contributed by atoms with Gasteiger partial charge in [-0.25, -0.2) is 4.79 Å². The summed E-state index contributed by atoms with van der Waals surface area (Å²) in [6.07, 6.45) is -4.67. The van der Waals surface area contributed by atoms with E-state index in [0.717, 1.165) is 0 Å². The van der Waals surface area contributed by atoms with Gasteiger partial charge in [0.1, 0.15) is 30.4 Å². The molecule has 0 rings (SSSR count). The van der Waals surface area contributed by atoms with E-state index in [2.05, 4.69) is 10.6 Å². The van der Waals surface area contributed by atoms with Crippen molar-refractivity contribution >= 4 is 35.4 Å². The Bertz CT molecular complexity index is 615. The fourth-order valence-corrected chi connectivity index (χ4v) is 2.84. The van der Waals surface area contributed by atoms with Crippen LogP contribution in [-0.4, -0.2) is 104 Å². The monoisotopic (exact) mass is 452 g/mol. The highest BCUT2D eigenvalue weighted by Crippen LogP contribution is 2.07. The van der Waals surface area contributed by atoms with Crippen LogP contribution in [0.2, 0.25) is 0 Å². The third-order valence-corrected chi connectivity index (χ3v) is 4.83. The molecule has 0 radical (unpaired) electrons. The van der Waals surface area contributed by atoms with Crippen LogP contribution >= 0.6 is 11.8 Å². The van der Waals surface area contributed by atoms with Gasteiger partial charge in [-0.2, -0.15) is 0 Å². The van der Waals surface area contributed by atoms with Crippen molar-refractivity contribution < 1.29 is 49.8 Å². The number of carbonyl (C=O) groups is 4. The molecule has 0 aliphatic rings. The molecule has 0 aliphatic carbocycles. The maximum atomic E-state index is 11.9. The molecule has 0 spiro atoms. The van der Waals surface area contributed by atoms with Crippen LogP contribution in [0.5, 0.6) is 0 Å². The Kier molecular flexibility index (Phi) is 13.9. The van der Waals surface area contributed by atoms with Crippen molar-refractivity contribution in [3.05, 3.63) is 11.5 Å². The molecule has 13 heteroatoms. The largest absolute Gasteiger partial charge is 0.480 e. The fourth-order valence-electron chi connectivity index (χ4n) is 2.11. The second kappa shape index (κ2) is 14.9. The number of ketones is 1. The van der Waals surface area contributed by atoms with E-state index in [4.69, 9.17) is 10.2 Å². The molecule has 30 heavy (non-hydrogen) atoms. The van der Waals surface area contributed by atoms with Crippen LogP contribution in [0.3, 0.4) is 0 Å². The van der Waals surface area contributed by atoms with Gasteiger partial charge in [0.2, 0.25) is 5.91 Å². The Morgan fingerprint density at radius 1 is 1.03 bits per heavy atom. The lowest BCUT2D eigenvalue weighted by Crippen LogP contribution is -2.49. The molecule has 1 amide bonds. The van der Waals surface area contributed by atoms with Gasteiger partial charge in [-0.3, -0.25) is 19.7 Å².